The molecule has 0 radical (unpaired) electrons. The van der Waals surface area contributed by atoms with Crippen LogP contribution in [-0.4, -0.2) is 41.0 Å². The van der Waals surface area contributed by atoms with Crippen LogP contribution in [0.15, 0.2) is 24.3 Å². The molecule has 0 bridgehead atoms. The van der Waals surface area contributed by atoms with Crippen LogP contribution in [0, 0.1) is 6.92 Å². The van der Waals surface area contributed by atoms with Crippen LogP contribution in [-0.2, 0) is 11.2 Å². The summed E-state index contributed by atoms with van der Waals surface area (Å²) in [5.74, 6) is 0. The maximum absolute atomic E-state index is 11.9. The zero-order valence-electron chi connectivity index (χ0n) is 15.8. The van der Waals surface area contributed by atoms with Crippen LogP contribution in [0.3, 0.4) is 0 Å². The number of hydrogen-bond acceptors (Lipinski definition) is 6. The second-order valence-electron chi connectivity index (χ2n) is 7.72. The first-order valence-corrected chi connectivity index (χ1v) is 9.72. The molecule has 1 saturated heterocycles. The molecule has 7 heteroatoms. The summed E-state index contributed by atoms with van der Waals surface area (Å²) in [6.07, 6.45) is 1.32. The van der Waals surface area contributed by atoms with Crippen molar-refractivity contribution in [1.29, 1.82) is 0 Å². The predicted octanol–water partition coefficient (Wildman–Crippen LogP) is 3.54. The highest BCUT2D eigenvalue weighted by Crippen LogP contribution is 2.26. The minimum absolute atomic E-state index is 0.0781. The van der Waals surface area contributed by atoms with Crippen LogP contribution < -0.4 is 10.2 Å². The van der Waals surface area contributed by atoms with Crippen molar-refractivity contribution in [3.8, 4) is 0 Å². The smallest absolute Gasteiger partial charge is 0.407 e. The summed E-state index contributed by atoms with van der Waals surface area (Å²) < 4.78 is 5.33. The molecule has 1 aromatic carbocycles. The molecule has 2 aromatic rings. The van der Waals surface area contributed by atoms with Crippen LogP contribution in [0.4, 0.5) is 9.93 Å². The van der Waals surface area contributed by atoms with E-state index < -0.39 is 5.60 Å². The van der Waals surface area contributed by atoms with Gasteiger partial charge in [0.05, 0.1) is 6.04 Å². The Morgan fingerprint density at radius 3 is 2.73 bits per heavy atom. The third-order valence-electron chi connectivity index (χ3n) is 4.11. The number of aromatic nitrogens is 2. The fraction of sp³-hybridized carbons (Fsp3) is 0.526. The Morgan fingerprint density at radius 1 is 1.31 bits per heavy atom. The Labute approximate surface area is 158 Å². The van der Waals surface area contributed by atoms with Crippen molar-refractivity contribution in [3.05, 3.63) is 40.4 Å². The highest BCUT2D eigenvalue weighted by molar-refractivity contribution is 7.15. The van der Waals surface area contributed by atoms with Crippen LogP contribution in [0.2, 0.25) is 0 Å². The van der Waals surface area contributed by atoms with Crippen LogP contribution >= 0.6 is 11.3 Å². The maximum Gasteiger partial charge on any atom is 0.407 e. The average Bonchev–Trinajstić information content (AvgIpc) is 3.17. The van der Waals surface area contributed by atoms with Crippen molar-refractivity contribution in [2.45, 2.75) is 52.2 Å². The Balaban J connectivity index is 1.53. The number of anilines is 1. The zero-order chi connectivity index (χ0) is 18.7. The van der Waals surface area contributed by atoms with Gasteiger partial charge in [0.2, 0.25) is 5.13 Å². The molecule has 1 aliphatic rings. The normalized spacial score (nSPS) is 17.4. The molecule has 1 unspecified atom stereocenters. The largest absolute Gasteiger partial charge is 0.444 e. The first kappa shape index (κ1) is 18.6. The number of ether oxygens (including phenoxy) is 1. The third-order valence-corrected chi connectivity index (χ3v) is 5.10. The number of rotatable bonds is 4. The van der Waals surface area contributed by atoms with E-state index in [2.05, 4.69) is 51.6 Å². The van der Waals surface area contributed by atoms with Gasteiger partial charge in [-0.1, -0.05) is 41.2 Å². The number of nitrogens with zero attached hydrogens (tertiary/aromatic N) is 3. The Kier molecular flexibility index (Phi) is 5.46. The molecule has 26 heavy (non-hydrogen) atoms. The van der Waals surface area contributed by atoms with E-state index in [1.54, 1.807) is 11.3 Å². The van der Waals surface area contributed by atoms with Crippen molar-refractivity contribution in [1.82, 2.24) is 15.5 Å². The monoisotopic (exact) mass is 374 g/mol. The van der Waals surface area contributed by atoms with Crippen molar-refractivity contribution >= 4 is 22.6 Å². The summed E-state index contributed by atoms with van der Waals surface area (Å²) in [5.41, 5.74) is 2.02. The number of aryl methyl sites for hydroxylation is 1. The van der Waals surface area contributed by atoms with E-state index in [1.165, 1.54) is 11.1 Å². The number of carbonyl (C=O) groups is 1. The van der Waals surface area contributed by atoms with E-state index in [0.29, 0.717) is 0 Å². The topological polar surface area (TPSA) is 67.4 Å². The summed E-state index contributed by atoms with van der Waals surface area (Å²) >= 11 is 1.62. The maximum atomic E-state index is 11.9. The summed E-state index contributed by atoms with van der Waals surface area (Å²) in [7, 11) is 0. The summed E-state index contributed by atoms with van der Waals surface area (Å²) in [6, 6.07) is 8.57. The predicted molar refractivity (Wildman–Crippen MR) is 104 cm³/mol. The van der Waals surface area contributed by atoms with Gasteiger partial charge < -0.3 is 15.0 Å². The third kappa shape index (κ3) is 5.17. The van der Waals surface area contributed by atoms with Gasteiger partial charge in [-0.3, -0.25) is 0 Å². The molecule has 2 heterocycles. The van der Waals surface area contributed by atoms with Crippen molar-refractivity contribution in [2.75, 3.05) is 18.0 Å². The van der Waals surface area contributed by atoms with E-state index >= 15 is 0 Å². The van der Waals surface area contributed by atoms with Gasteiger partial charge in [-0.2, -0.15) is 0 Å². The molecule has 6 nitrogen and oxygen atoms in total. The highest BCUT2D eigenvalue weighted by Gasteiger charge is 2.28. The number of nitrogens with one attached hydrogen (secondary N) is 1. The standard InChI is InChI=1S/C19H26N4O2S/c1-13-5-7-14(8-6-13)11-16-21-22-17(26-16)23-10-9-15(12-23)20-18(24)25-19(2,3)4/h5-8,15H,9-12H2,1-4H3,(H,20,24). The van der Waals surface area contributed by atoms with E-state index in [1.807, 2.05) is 20.8 Å². The lowest BCUT2D eigenvalue weighted by atomic mass is 10.1. The van der Waals surface area contributed by atoms with E-state index in [4.69, 9.17) is 4.74 Å². The number of hydrogen-bond donors (Lipinski definition) is 1. The van der Waals surface area contributed by atoms with Crippen molar-refractivity contribution in [2.24, 2.45) is 0 Å². The molecule has 1 N–H and O–H groups in total. The van der Waals surface area contributed by atoms with Gasteiger partial charge in [0.15, 0.2) is 0 Å². The second kappa shape index (κ2) is 7.61. The molecule has 1 aromatic heterocycles. The molecule has 140 valence electrons. The van der Waals surface area contributed by atoms with Crippen LogP contribution in [0.5, 0.6) is 0 Å². The molecular weight excluding hydrogens is 348 g/mol. The SMILES string of the molecule is Cc1ccc(Cc2nnc(N3CCC(NC(=O)OC(C)(C)C)C3)s2)cc1. The van der Waals surface area contributed by atoms with Gasteiger partial charge in [0.1, 0.15) is 10.6 Å². The molecule has 1 fully saturated rings. The van der Waals surface area contributed by atoms with Crippen LogP contribution in [0.1, 0.15) is 43.3 Å². The lowest BCUT2D eigenvalue weighted by Gasteiger charge is -2.21. The quantitative estimate of drug-likeness (QED) is 0.887. The molecule has 1 aliphatic heterocycles. The first-order valence-electron chi connectivity index (χ1n) is 8.91. The number of carbonyl (C=O) groups excluding carboxylic acids is 1. The fourth-order valence-electron chi connectivity index (χ4n) is 2.85. The fourth-order valence-corrected chi connectivity index (χ4v) is 3.76. The molecular formula is C19H26N4O2S. The lowest BCUT2D eigenvalue weighted by molar-refractivity contribution is 0.0509. The van der Waals surface area contributed by atoms with Gasteiger partial charge in [0.25, 0.3) is 0 Å². The molecule has 0 saturated carbocycles. The average molecular weight is 375 g/mol. The minimum atomic E-state index is -0.480. The van der Waals surface area contributed by atoms with Crippen molar-refractivity contribution < 1.29 is 9.53 Å². The zero-order valence-corrected chi connectivity index (χ0v) is 16.6. The second-order valence-corrected chi connectivity index (χ2v) is 8.76. The van der Waals surface area contributed by atoms with E-state index in [-0.39, 0.29) is 12.1 Å². The van der Waals surface area contributed by atoms with Crippen molar-refractivity contribution in [3.63, 3.8) is 0 Å². The minimum Gasteiger partial charge on any atom is -0.444 e. The molecule has 0 spiro atoms. The Bertz CT molecular complexity index is 752. The van der Waals surface area contributed by atoms with Gasteiger partial charge >= 0.3 is 6.09 Å². The molecule has 1 atom stereocenters. The van der Waals surface area contributed by atoms with E-state index in [9.17, 15) is 4.79 Å². The summed E-state index contributed by atoms with van der Waals surface area (Å²) in [5, 5.41) is 13.5. The molecule has 0 aliphatic carbocycles. The number of benzene rings is 1. The Morgan fingerprint density at radius 2 is 2.04 bits per heavy atom. The summed E-state index contributed by atoms with van der Waals surface area (Å²) in [6.45, 7) is 9.28. The van der Waals surface area contributed by atoms with E-state index in [0.717, 1.165) is 36.1 Å². The van der Waals surface area contributed by atoms with Gasteiger partial charge in [-0.05, 0) is 39.7 Å². The van der Waals surface area contributed by atoms with Crippen LogP contribution in [0.25, 0.3) is 0 Å². The highest BCUT2D eigenvalue weighted by atomic mass is 32.1. The number of amides is 1. The molecule has 1 amide bonds. The van der Waals surface area contributed by atoms with Gasteiger partial charge in [0, 0.05) is 19.5 Å². The van der Waals surface area contributed by atoms with Gasteiger partial charge in [-0.15, -0.1) is 10.2 Å². The summed E-state index contributed by atoms with van der Waals surface area (Å²) in [4.78, 5) is 14.1. The Hall–Kier alpha value is -2.15. The first-order chi connectivity index (χ1) is 12.3. The number of alkyl carbamates (subject to hydrolysis) is 1. The lowest BCUT2D eigenvalue weighted by Crippen LogP contribution is -2.40. The van der Waals surface area contributed by atoms with Gasteiger partial charge in [-0.25, -0.2) is 4.79 Å². The molecule has 3 rings (SSSR count).